The summed E-state index contributed by atoms with van der Waals surface area (Å²) in [6.07, 6.45) is 24.8. The van der Waals surface area contributed by atoms with E-state index >= 15 is 0 Å². The van der Waals surface area contributed by atoms with Gasteiger partial charge in [-0.2, -0.15) is 0 Å². The lowest BCUT2D eigenvalue weighted by atomic mass is 9.89. The van der Waals surface area contributed by atoms with E-state index in [0.29, 0.717) is 6.04 Å². The molecule has 2 aromatic rings. The number of ether oxygens (including phenoxy) is 2. The molecule has 0 aromatic heterocycles. The van der Waals surface area contributed by atoms with Crippen LogP contribution in [-0.4, -0.2) is 25.7 Å². The summed E-state index contributed by atoms with van der Waals surface area (Å²) in [5, 5.41) is 0. The van der Waals surface area contributed by atoms with E-state index < -0.39 is 0 Å². The first-order valence-electron chi connectivity index (χ1n) is 15.4. The van der Waals surface area contributed by atoms with Crippen LogP contribution in [-0.2, 0) is 13.0 Å². The van der Waals surface area contributed by atoms with Gasteiger partial charge < -0.3 is 9.47 Å². The molecule has 0 bridgehead atoms. The SMILES string of the molecule is CCCCCCCCC=CCCCCCCCCN1Cc2cc(OC)c(OC)cc2CC1c1ccccc1. The Labute approximate surface area is 233 Å². The fourth-order valence-corrected chi connectivity index (χ4v) is 5.77. The van der Waals surface area contributed by atoms with Crippen LogP contribution in [0.2, 0.25) is 0 Å². The molecule has 0 radical (unpaired) electrons. The summed E-state index contributed by atoms with van der Waals surface area (Å²) in [6.45, 7) is 4.41. The third kappa shape index (κ3) is 10.1. The van der Waals surface area contributed by atoms with Gasteiger partial charge in [-0.05, 0) is 73.9 Å². The van der Waals surface area contributed by atoms with Gasteiger partial charge in [0.05, 0.1) is 14.2 Å². The highest BCUT2D eigenvalue weighted by atomic mass is 16.5. The summed E-state index contributed by atoms with van der Waals surface area (Å²) < 4.78 is 11.2. The molecule has 0 saturated carbocycles. The van der Waals surface area contributed by atoms with Crippen molar-refractivity contribution >= 4 is 0 Å². The lowest BCUT2D eigenvalue weighted by molar-refractivity contribution is 0.167. The summed E-state index contributed by atoms with van der Waals surface area (Å²) in [6, 6.07) is 15.8. The maximum Gasteiger partial charge on any atom is 0.161 e. The molecule has 0 aliphatic carbocycles. The molecule has 0 fully saturated rings. The van der Waals surface area contributed by atoms with Crippen LogP contribution < -0.4 is 9.47 Å². The Balaban J connectivity index is 1.36. The average molecular weight is 520 g/mol. The number of unbranched alkanes of at least 4 members (excludes halogenated alkanes) is 12. The van der Waals surface area contributed by atoms with Crippen molar-refractivity contribution in [3.8, 4) is 11.5 Å². The van der Waals surface area contributed by atoms with Crippen molar-refractivity contribution in [2.75, 3.05) is 20.8 Å². The Kier molecular flexibility index (Phi) is 14.4. The molecule has 0 N–H and O–H groups in total. The highest BCUT2D eigenvalue weighted by molar-refractivity contribution is 5.49. The van der Waals surface area contributed by atoms with E-state index in [-0.39, 0.29) is 0 Å². The van der Waals surface area contributed by atoms with E-state index in [1.807, 2.05) is 0 Å². The van der Waals surface area contributed by atoms with Crippen LogP contribution in [0.1, 0.15) is 120 Å². The predicted molar refractivity (Wildman–Crippen MR) is 162 cm³/mol. The molecule has 0 saturated heterocycles. The van der Waals surface area contributed by atoms with E-state index in [4.69, 9.17) is 9.47 Å². The van der Waals surface area contributed by atoms with Crippen molar-refractivity contribution in [3.63, 3.8) is 0 Å². The van der Waals surface area contributed by atoms with Gasteiger partial charge in [0.25, 0.3) is 0 Å². The van der Waals surface area contributed by atoms with Gasteiger partial charge in [0, 0.05) is 12.6 Å². The Bertz CT molecular complexity index is 923. The first kappa shape index (κ1) is 30.3. The predicted octanol–water partition coefficient (Wildman–Crippen LogP) is 9.84. The van der Waals surface area contributed by atoms with Crippen molar-refractivity contribution in [2.45, 2.75) is 116 Å². The summed E-state index contributed by atoms with van der Waals surface area (Å²) in [5.41, 5.74) is 4.17. The maximum absolute atomic E-state index is 5.60. The summed E-state index contributed by atoms with van der Waals surface area (Å²) in [5.74, 6) is 1.67. The number of fused-ring (bicyclic) bond motifs is 1. The largest absolute Gasteiger partial charge is 0.493 e. The minimum Gasteiger partial charge on any atom is -0.493 e. The Morgan fingerprint density at radius 2 is 1.26 bits per heavy atom. The average Bonchev–Trinajstić information content (AvgIpc) is 2.96. The van der Waals surface area contributed by atoms with Crippen LogP contribution in [0, 0.1) is 0 Å². The van der Waals surface area contributed by atoms with E-state index in [1.165, 1.54) is 107 Å². The van der Waals surface area contributed by atoms with Crippen LogP contribution in [0.15, 0.2) is 54.6 Å². The molecule has 38 heavy (non-hydrogen) atoms. The van der Waals surface area contributed by atoms with E-state index in [9.17, 15) is 0 Å². The Morgan fingerprint density at radius 3 is 1.87 bits per heavy atom. The Morgan fingerprint density at radius 1 is 0.711 bits per heavy atom. The molecule has 1 atom stereocenters. The number of benzene rings is 2. The van der Waals surface area contributed by atoms with Gasteiger partial charge in [0.1, 0.15) is 0 Å². The number of hydrogen-bond donors (Lipinski definition) is 0. The van der Waals surface area contributed by atoms with Crippen LogP contribution >= 0.6 is 0 Å². The molecule has 1 unspecified atom stereocenters. The van der Waals surface area contributed by atoms with Crippen molar-refractivity contribution in [3.05, 3.63) is 71.3 Å². The van der Waals surface area contributed by atoms with Crippen LogP contribution in [0.25, 0.3) is 0 Å². The summed E-state index contributed by atoms with van der Waals surface area (Å²) >= 11 is 0. The standard InChI is InChI=1S/C35H53NO2/c1-4-5-6-7-8-9-10-11-12-13-14-15-16-17-18-22-25-36-29-32-28-35(38-3)34(37-2)27-31(32)26-33(36)30-23-20-19-21-24-30/h11-12,19-21,23-24,27-28,33H,4-10,13-18,22,25-26,29H2,1-3H3. The van der Waals surface area contributed by atoms with Crippen LogP contribution in [0.5, 0.6) is 11.5 Å². The molecular weight excluding hydrogens is 466 g/mol. The lowest BCUT2D eigenvalue weighted by Crippen LogP contribution is -2.35. The highest BCUT2D eigenvalue weighted by Gasteiger charge is 2.28. The molecule has 1 aliphatic heterocycles. The zero-order valence-corrected chi connectivity index (χ0v) is 24.6. The lowest BCUT2D eigenvalue weighted by Gasteiger charge is -2.37. The fourth-order valence-electron chi connectivity index (χ4n) is 5.77. The third-order valence-corrected chi connectivity index (χ3v) is 8.07. The molecule has 3 heteroatoms. The number of hydrogen-bond acceptors (Lipinski definition) is 3. The van der Waals surface area contributed by atoms with Gasteiger partial charge in [-0.1, -0.05) is 107 Å². The summed E-state index contributed by atoms with van der Waals surface area (Å²) in [7, 11) is 3.45. The maximum atomic E-state index is 5.60. The highest BCUT2D eigenvalue weighted by Crippen LogP contribution is 2.39. The van der Waals surface area contributed by atoms with Gasteiger partial charge >= 0.3 is 0 Å². The van der Waals surface area contributed by atoms with Crippen molar-refractivity contribution < 1.29 is 9.47 Å². The molecule has 1 aliphatic rings. The van der Waals surface area contributed by atoms with Gasteiger partial charge in [-0.25, -0.2) is 0 Å². The minimum atomic E-state index is 0.421. The minimum absolute atomic E-state index is 0.421. The molecule has 3 nitrogen and oxygen atoms in total. The number of allylic oxidation sites excluding steroid dienone is 2. The topological polar surface area (TPSA) is 21.7 Å². The monoisotopic (exact) mass is 519 g/mol. The summed E-state index contributed by atoms with van der Waals surface area (Å²) in [4.78, 5) is 2.68. The zero-order chi connectivity index (χ0) is 26.8. The van der Waals surface area contributed by atoms with E-state index in [1.54, 1.807) is 14.2 Å². The molecular formula is C35H53NO2. The first-order valence-corrected chi connectivity index (χ1v) is 15.4. The first-order chi connectivity index (χ1) is 18.8. The van der Waals surface area contributed by atoms with E-state index in [2.05, 4.69) is 66.4 Å². The molecule has 0 amide bonds. The number of nitrogens with zero attached hydrogens (tertiary/aromatic N) is 1. The van der Waals surface area contributed by atoms with Gasteiger partial charge in [-0.3, -0.25) is 4.90 Å². The number of rotatable bonds is 19. The van der Waals surface area contributed by atoms with Gasteiger partial charge in [0.15, 0.2) is 11.5 Å². The second kappa shape index (κ2) is 18.1. The van der Waals surface area contributed by atoms with Crippen LogP contribution in [0.3, 0.4) is 0 Å². The van der Waals surface area contributed by atoms with Crippen molar-refractivity contribution in [2.24, 2.45) is 0 Å². The smallest absolute Gasteiger partial charge is 0.161 e. The zero-order valence-electron chi connectivity index (χ0n) is 24.6. The molecule has 2 aromatic carbocycles. The fraction of sp³-hybridized carbons (Fsp3) is 0.600. The van der Waals surface area contributed by atoms with Gasteiger partial charge in [0.2, 0.25) is 0 Å². The molecule has 3 rings (SSSR count). The van der Waals surface area contributed by atoms with E-state index in [0.717, 1.165) is 31.0 Å². The second-order valence-corrected chi connectivity index (χ2v) is 11.0. The Hall–Kier alpha value is -2.26. The second-order valence-electron chi connectivity index (χ2n) is 11.0. The molecule has 1 heterocycles. The molecule has 210 valence electrons. The molecule has 0 spiro atoms. The quantitative estimate of drug-likeness (QED) is 0.136. The van der Waals surface area contributed by atoms with Crippen molar-refractivity contribution in [1.82, 2.24) is 4.90 Å². The normalized spacial score (nSPS) is 15.6. The van der Waals surface area contributed by atoms with Crippen LogP contribution in [0.4, 0.5) is 0 Å². The van der Waals surface area contributed by atoms with Gasteiger partial charge in [-0.15, -0.1) is 0 Å². The number of methoxy groups -OCH3 is 2. The third-order valence-electron chi connectivity index (χ3n) is 8.07. The van der Waals surface area contributed by atoms with Crippen molar-refractivity contribution in [1.29, 1.82) is 0 Å².